The van der Waals surface area contributed by atoms with Crippen molar-refractivity contribution in [3.05, 3.63) is 28.8 Å². The molecule has 1 saturated heterocycles. The van der Waals surface area contributed by atoms with Crippen molar-refractivity contribution in [2.24, 2.45) is 5.92 Å². The smallest absolute Gasteiger partial charge is 0.243 e. The average Bonchev–Trinajstić information content (AvgIpc) is 2.46. The first-order valence-electron chi connectivity index (χ1n) is 7.44. The molecular formula is C15H23ClN2O2S. The molecule has 1 aromatic rings. The van der Waals surface area contributed by atoms with Crippen molar-refractivity contribution in [2.45, 2.75) is 38.1 Å². The summed E-state index contributed by atoms with van der Waals surface area (Å²) >= 11 is 6.22. The fourth-order valence-corrected chi connectivity index (χ4v) is 4.54. The number of sulfonamides is 1. The Hall–Kier alpha value is -0.620. The molecule has 2 rings (SSSR count). The minimum atomic E-state index is -3.43. The third kappa shape index (κ3) is 3.97. The predicted molar refractivity (Wildman–Crippen MR) is 86.0 cm³/mol. The van der Waals surface area contributed by atoms with E-state index in [1.807, 2.05) is 6.92 Å². The first-order valence-corrected chi connectivity index (χ1v) is 9.26. The van der Waals surface area contributed by atoms with Crippen LogP contribution in [0.15, 0.2) is 23.1 Å². The summed E-state index contributed by atoms with van der Waals surface area (Å²) in [5, 5.41) is 3.69. The fraction of sp³-hybridized carbons (Fsp3) is 0.600. The Kier molecular flexibility index (Phi) is 5.66. The van der Waals surface area contributed by atoms with Gasteiger partial charge in [-0.25, -0.2) is 8.42 Å². The fourth-order valence-electron chi connectivity index (χ4n) is 2.61. The molecule has 118 valence electrons. The summed E-state index contributed by atoms with van der Waals surface area (Å²) in [6.07, 6.45) is 2.01. The standard InChI is InChI=1S/C15H23ClN2O2S/c1-3-17-10-13-6-7-14(9-15(13)16)21(19,20)18-8-4-5-12(2)11-18/h6-7,9,12,17H,3-5,8,10-11H2,1-2H3. The van der Waals surface area contributed by atoms with Gasteiger partial charge in [0.15, 0.2) is 0 Å². The van der Waals surface area contributed by atoms with E-state index < -0.39 is 10.0 Å². The Morgan fingerprint density at radius 3 is 2.81 bits per heavy atom. The molecule has 0 bridgehead atoms. The molecule has 0 radical (unpaired) electrons. The van der Waals surface area contributed by atoms with Gasteiger partial charge < -0.3 is 5.32 Å². The van der Waals surface area contributed by atoms with Crippen LogP contribution in [0.5, 0.6) is 0 Å². The number of hydrogen-bond acceptors (Lipinski definition) is 3. The quantitative estimate of drug-likeness (QED) is 0.903. The molecule has 1 N–H and O–H groups in total. The highest BCUT2D eigenvalue weighted by Gasteiger charge is 2.28. The number of nitrogens with one attached hydrogen (secondary N) is 1. The summed E-state index contributed by atoms with van der Waals surface area (Å²) in [6.45, 7) is 6.80. The van der Waals surface area contributed by atoms with Crippen LogP contribution < -0.4 is 5.32 Å². The summed E-state index contributed by atoms with van der Waals surface area (Å²) in [6, 6.07) is 5.03. The van der Waals surface area contributed by atoms with Crippen molar-refractivity contribution in [3.63, 3.8) is 0 Å². The second-order valence-electron chi connectivity index (χ2n) is 5.64. The normalized spacial score (nSPS) is 20.6. The number of benzene rings is 1. The zero-order valence-corrected chi connectivity index (χ0v) is 14.2. The Balaban J connectivity index is 2.22. The van der Waals surface area contributed by atoms with Gasteiger partial charge in [-0.05, 0) is 43.0 Å². The zero-order chi connectivity index (χ0) is 15.5. The molecule has 0 aromatic heterocycles. The molecule has 4 nitrogen and oxygen atoms in total. The van der Waals surface area contributed by atoms with E-state index in [0.29, 0.717) is 35.5 Å². The molecule has 1 aliphatic heterocycles. The summed E-state index contributed by atoms with van der Waals surface area (Å²) < 4.78 is 26.9. The van der Waals surface area contributed by atoms with Crippen LogP contribution in [0.2, 0.25) is 5.02 Å². The zero-order valence-electron chi connectivity index (χ0n) is 12.6. The van der Waals surface area contributed by atoms with Gasteiger partial charge in [0.25, 0.3) is 0 Å². The molecule has 0 saturated carbocycles. The maximum absolute atomic E-state index is 12.7. The molecule has 1 aromatic carbocycles. The average molecular weight is 331 g/mol. The predicted octanol–water partition coefficient (Wildman–Crippen LogP) is 2.87. The molecule has 1 atom stereocenters. The minimum Gasteiger partial charge on any atom is -0.313 e. The molecule has 21 heavy (non-hydrogen) atoms. The molecule has 1 fully saturated rings. The monoisotopic (exact) mass is 330 g/mol. The first-order chi connectivity index (χ1) is 9.95. The number of piperidine rings is 1. The molecular weight excluding hydrogens is 308 g/mol. The summed E-state index contributed by atoms with van der Waals surface area (Å²) in [7, 11) is -3.43. The minimum absolute atomic E-state index is 0.293. The summed E-state index contributed by atoms with van der Waals surface area (Å²) in [5.74, 6) is 0.414. The van der Waals surface area contributed by atoms with Gasteiger partial charge in [-0.1, -0.05) is 31.5 Å². The lowest BCUT2D eigenvalue weighted by atomic mass is 10.0. The van der Waals surface area contributed by atoms with E-state index in [9.17, 15) is 8.42 Å². The number of nitrogens with zero attached hydrogens (tertiary/aromatic N) is 1. The number of hydrogen-bond donors (Lipinski definition) is 1. The lowest BCUT2D eigenvalue weighted by Crippen LogP contribution is -2.39. The van der Waals surface area contributed by atoms with E-state index in [4.69, 9.17) is 11.6 Å². The van der Waals surface area contributed by atoms with E-state index in [2.05, 4.69) is 12.2 Å². The van der Waals surface area contributed by atoms with Crippen molar-refractivity contribution < 1.29 is 8.42 Å². The van der Waals surface area contributed by atoms with Crippen LogP contribution >= 0.6 is 11.6 Å². The maximum atomic E-state index is 12.7. The highest BCUT2D eigenvalue weighted by molar-refractivity contribution is 7.89. The highest BCUT2D eigenvalue weighted by atomic mass is 35.5. The van der Waals surface area contributed by atoms with Crippen molar-refractivity contribution in [2.75, 3.05) is 19.6 Å². The van der Waals surface area contributed by atoms with Gasteiger partial charge in [-0.2, -0.15) is 4.31 Å². The summed E-state index contributed by atoms with van der Waals surface area (Å²) in [4.78, 5) is 0.293. The third-order valence-corrected chi connectivity index (χ3v) is 6.06. The van der Waals surface area contributed by atoms with E-state index in [0.717, 1.165) is 24.9 Å². The van der Waals surface area contributed by atoms with Crippen LogP contribution in [0.3, 0.4) is 0 Å². The van der Waals surface area contributed by atoms with Gasteiger partial charge in [0.05, 0.1) is 4.90 Å². The van der Waals surface area contributed by atoms with Crippen LogP contribution in [0.25, 0.3) is 0 Å². The second kappa shape index (κ2) is 7.09. The van der Waals surface area contributed by atoms with Crippen molar-refractivity contribution in [1.29, 1.82) is 0 Å². The van der Waals surface area contributed by atoms with Crippen molar-refractivity contribution in [1.82, 2.24) is 9.62 Å². The van der Waals surface area contributed by atoms with Crippen LogP contribution in [0.4, 0.5) is 0 Å². The number of halogens is 1. The molecule has 1 heterocycles. The molecule has 1 unspecified atom stereocenters. The highest BCUT2D eigenvalue weighted by Crippen LogP contribution is 2.26. The Morgan fingerprint density at radius 2 is 2.19 bits per heavy atom. The van der Waals surface area contributed by atoms with Crippen LogP contribution in [0, 0.1) is 5.92 Å². The second-order valence-corrected chi connectivity index (χ2v) is 7.99. The Bertz CT molecular complexity index is 589. The van der Waals surface area contributed by atoms with E-state index in [-0.39, 0.29) is 0 Å². The van der Waals surface area contributed by atoms with Gasteiger partial charge in [0, 0.05) is 24.7 Å². The van der Waals surface area contributed by atoms with Gasteiger partial charge in [-0.3, -0.25) is 0 Å². The molecule has 0 spiro atoms. The maximum Gasteiger partial charge on any atom is 0.243 e. The van der Waals surface area contributed by atoms with Crippen molar-refractivity contribution >= 4 is 21.6 Å². The van der Waals surface area contributed by atoms with E-state index in [1.54, 1.807) is 22.5 Å². The third-order valence-electron chi connectivity index (χ3n) is 3.85. The topological polar surface area (TPSA) is 49.4 Å². The van der Waals surface area contributed by atoms with Gasteiger partial charge >= 0.3 is 0 Å². The van der Waals surface area contributed by atoms with Gasteiger partial charge in [-0.15, -0.1) is 0 Å². The first kappa shape index (κ1) is 16.7. The lowest BCUT2D eigenvalue weighted by molar-refractivity contribution is 0.281. The van der Waals surface area contributed by atoms with Gasteiger partial charge in [0.1, 0.15) is 0 Å². The van der Waals surface area contributed by atoms with E-state index in [1.165, 1.54) is 0 Å². The van der Waals surface area contributed by atoms with Crippen LogP contribution in [-0.2, 0) is 16.6 Å². The van der Waals surface area contributed by atoms with Crippen LogP contribution in [-0.4, -0.2) is 32.4 Å². The molecule has 0 amide bonds. The largest absolute Gasteiger partial charge is 0.313 e. The molecule has 1 aliphatic rings. The lowest BCUT2D eigenvalue weighted by Gasteiger charge is -2.30. The molecule has 0 aliphatic carbocycles. The summed E-state index contributed by atoms with van der Waals surface area (Å²) in [5.41, 5.74) is 0.921. The van der Waals surface area contributed by atoms with E-state index >= 15 is 0 Å². The van der Waals surface area contributed by atoms with Crippen molar-refractivity contribution in [3.8, 4) is 0 Å². The molecule has 6 heteroatoms. The van der Waals surface area contributed by atoms with Crippen LogP contribution in [0.1, 0.15) is 32.3 Å². The van der Waals surface area contributed by atoms with Gasteiger partial charge in [0.2, 0.25) is 10.0 Å². The Morgan fingerprint density at radius 1 is 1.43 bits per heavy atom. The Labute approximate surface area is 132 Å². The number of rotatable bonds is 5. The SMILES string of the molecule is CCNCc1ccc(S(=O)(=O)N2CCCC(C)C2)cc1Cl.